The van der Waals surface area contributed by atoms with E-state index < -0.39 is 59.1 Å². The van der Waals surface area contributed by atoms with Crippen LogP contribution in [0.25, 0.3) is 0 Å². The van der Waals surface area contributed by atoms with Crippen molar-refractivity contribution < 1.29 is 28.8 Å². The first-order chi connectivity index (χ1) is 19.0. The SMILES string of the molecule is CC1C[C@@H](C(=O)NC(C)C(=O)C(N)=O)N(C(=O)C(NC(=O)NC(CC(=O)Cc2ccccc2)C(C)C)C(C)(C)C)C1. The molecule has 0 bridgehead atoms. The highest BCUT2D eigenvalue weighted by Gasteiger charge is 2.44. The van der Waals surface area contributed by atoms with Gasteiger partial charge in [0.05, 0.1) is 6.04 Å². The Balaban J connectivity index is 2.14. The van der Waals surface area contributed by atoms with Gasteiger partial charge in [-0.2, -0.15) is 0 Å². The molecule has 1 fully saturated rings. The van der Waals surface area contributed by atoms with Gasteiger partial charge in [0.1, 0.15) is 17.9 Å². The van der Waals surface area contributed by atoms with Crippen LogP contribution < -0.4 is 21.7 Å². The molecule has 0 aromatic heterocycles. The van der Waals surface area contributed by atoms with E-state index in [1.54, 1.807) is 20.8 Å². The number of ketones is 2. The fourth-order valence-electron chi connectivity index (χ4n) is 4.88. The fraction of sp³-hybridized carbons (Fsp3) is 0.600. The van der Waals surface area contributed by atoms with Crippen molar-refractivity contribution in [1.82, 2.24) is 20.9 Å². The number of urea groups is 1. The topological polar surface area (TPSA) is 168 Å². The number of hydrogen-bond donors (Lipinski definition) is 4. The number of benzene rings is 1. The minimum absolute atomic E-state index is 0.00718. The number of carbonyl (C=O) groups excluding carboxylic acids is 6. The number of nitrogens with one attached hydrogen (secondary N) is 3. The van der Waals surface area contributed by atoms with Gasteiger partial charge in [0, 0.05) is 25.4 Å². The molecule has 1 heterocycles. The molecule has 1 aromatic carbocycles. The van der Waals surface area contributed by atoms with Gasteiger partial charge in [0.2, 0.25) is 17.6 Å². The normalized spacial score (nSPS) is 19.2. The molecular weight excluding hydrogens is 526 g/mol. The van der Waals surface area contributed by atoms with Crippen molar-refractivity contribution >= 4 is 35.3 Å². The molecule has 5 N–H and O–H groups in total. The highest BCUT2D eigenvalue weighted by Crippen LogP contribution is 2.28. The number of amides is 5. The zero-order valence-electron chi connectivity index (χ0n) is 25.2. The third-order valence-electron chi connectivity index (χ3n) is 7.29. The Morgan fingerprint density at radius 1 is 0.976 bits per heavy atom. The summed E-state index contributed by atoms with van der Waals surface area (Å²) >= 11 is 0. The zero-order chi connectivity index (χ0) is 31.1. The van der Waals surface area contributed by atoms with Gasteiger partial charge in [-0.25, -0.2) is 4.79 Å². The predicted molar refractivity (Wildman–Crippen MR) is 154 cm³/mol. The highest BCUT2D eigenvalue weighted by molar-refractivity contribution is 6.37. The second kappa shape index (κ2) is 14.2. The molecule has 2 rings (SSSR count). The fourth-order valence-corrected chi connectivity index (χ4v) is 4.88. The number of nitrogens with two attached hydrogens (primary N) is 1. The molecule has 1 aliphatic heterocycles. The summed E-state index contributed by atoms with van der Waals surface area (Å²) < 4.78 is 0. The summed E-state index contributed by atoms with van der Waals surface area (Å²) in [6.45, 7) is 12.8. The third-order valence-corrected chi connectivity index (χ3v) is 7.29. The molecule has 0 radical (unpaired) electrons. The van der Waals surface area contributed by atoms with E-state index in [2.05, 4.69) is 16.0 Å². The van der Waals surface area contributed by atoms with Crippen LogP contribution in [0.2, 0.25) is 0 Å². The highest BCUT2D eigenvalue weighted by atomic mass is 16.2. The van der Waals surface area contributed by atoms with Gasteiger partial charge in [-0.05, 0) is 36.2 Å². The molecule has 1 saturated heterocycles. The van der Waals surface area contributed by atoms with Gasteiger partial charge in [-0.1, -0.05) is 71.9 Å². The summed E-state index contributed by atoms with van der Waals surface area (Å²) in [5, 5.41) is 8.15. The average molecular weight is 572 g/mol. The quantitative estimate of drug-likeness (QED) is 0.279. The van der Waals surface area contributed by atoms with Crippen molar-refractivity contribution in [3.8, 4) is 0 Å². The number of carbonyl (C=O) groups is 6. The lowest BCUT2D eigenvalue weighted by molar-refractivity contribution is -0.143. The molecule has 11 heteroatoms. The third kappa shape index (κ3) is 9.68. The summed E-state index contributed by atoms with van der Waals surface area (Å²) in [5.41, 5.74) is 5.23. The number of hydrogen-bond acceptors (Lipinski definition) is 6. The van der Waals surface area contributed by atoms with E-state index in [0.717, 1.165) is 5.56 Å². The predicted octanol–water partition coefficient (Wildman–Crippen LogP) is 1.72. The summed E-state index contributed by atoms with van der Waals surface area (Å²) in [5.74, 6) is -3.16. The summed E-state index contributed by atoms with van der Waals surface area (Å²) in [6, 6.07) is 5.35. The number of rotatable bonds is 12. The summed E-state index contributed by atoms with van der Waals surface area (Å²) in [7, 11) is 0. The van der Waals surface area contributed by atoms with Crippen molar-refractivity contribution in [2.75, 3.05) is 6.54 Å². The molecule has 0 spiro atoms. The van der Waals surface area contributed by atoms with Crippen molar-refractivity contribution in [3.05, 3.63) is 35.9 Å². The Labute approximate surface area is 242 Å². The van der Waals surface area contributed by atoms with Crippen LogP contribution >= 0.6 is 0 Å². The largest absolute Gasteiger partial charge is 0.363 e. The number of primary amides is 1. The van der Waals surface area contributed by atoms with Crippen molar-refractivity contribution in [2.45, 2.75) is 91.9 Å². The van der Waals surface area contributed by atoms with Gasteiger partial charge in [0.15, 0.2) is 0 Å². The van der Waals surface area contributed by atoms with Gasteiger partial charge in [-0.15, -0.1) is 0 Å². The van der Waals surface area contributed by atoms with E-state index in [0.29, 0.717) is 6.42 Å². The molecule has 5 amide bonds. The van der Waals surface area contributed by atoms with Crippen molar-refractivity contribution in [3.63, 3.8) is 0 Å². The van der Waals surface area contributed by atoms with Crippen LogP contribution in [0.4, 0.5) is 4.79 Å². The van der Waals surface area contributed by atoms with Gasteiger partial charge in [0.25, 0.3) is 5.91 Å². The number of nitrogens with zero attached hydrogens (tertiary/aromatic N) is 1. The minimum atomic E-state index is -1.16. The minimum Gasteiger partial charge on any atom is -0.363 e. The summed E-state index contributed by atoms with van der Waals surface area (Å²) in [4.78, 5) is 77.3. The maximum absolute atomic E-state index is 13.8. The van der Waals surface area contributed by atoms with Crippen LogP contribution in [0.3, 0.4) is 0 Å². The first-order valence-corrected chi connectivity index (χ1v) is 14.1. The molecule has 41 heavy (non-hydrogen) atoms. The molecule has 4 unspecified atom stereocenters. The average Bonchev–Trinajstić information content (AvgIpc) is 3.27. The van der Waals surface area contributed by atoms with Crippen LogP contribution in [-0.4, -0.2) is 70.9 Å². The Bertz CT molecular complexity index is 1130. The first-order valence-electron chi connectivity index (χ1n) is 14.1. The molecule has 1 aliphatic rings. The maximum Gasteiger partial charge on any atom is 0.315 e. The van der Waals surface area contributed by atoms with Crippen molar-refractivity contribution in [2.24, 2.45) is 23.0 Å². The van der Waals surface area contributed by atoms with E-state index in [1.807, 2.05) is 51.1 Å². The lowest BCUT2D eigenvalue weighted by Gasteiger charge is -2.36. The van der Waals surface area contributed by atoms with Gasteiger partial charge < -0.3 is 26.6 Å². The molecule has 11 nitrogen and oxygen atoms in total. The molecule has 1 aromatic rings. The van der Waals surface area contributed by atoms with Crippen LogP contribution in [0, 0.1) is 17.3 Å². The smallest absolute Gasteiger partial charge is 0.315 e. The Hall–Kier alpha value is -3.76. The van der Waals surface area contributed by atoms with Crippen molar-refractivity contribution in [1.29, 1.82) is 0 Å². The monoisotopic (exact) mass is 571 g/mol. The Morgan fingerprint density at radius 3 is 2.12 bits per heavy atom. The van der Waals surface area contributed by atoms with Crippen LogP contribution in [0.5, 0.6) is 0 Å². The van der Waals surface area contributed by atoms with E-state index in [4.69, 9.17) is 5.73 Å². The second-order valence-electron chi connectivity index (χ2n) is 12.5. The lowest BCUT2D eigenvalue weighted by atomic mass is 9.85. The van der Waals surface area contributed by atoms with Gasteiger partial charge in [-0.3, -0.25) is 24.0 Å². The molecule has 0 saturated carbocycles. The van der Waals surface area contributed by atoms with Crippen LogP contribution in [0.1, 0.15) is 66.9 Å². The number of Topliss-reactive ketones (excluding diaryl/α,β-unsaturated/α-hetero) is 2. The molecule has 5 atom stereocenters. The van der Waals surface area contributed by atoms with E-state index in [9.17, 15) is 28.8 Å². The molecular formula is C30H45N5O6. The second-order valence-corrected chi connectivity index (χ2v) is 12.5. The Kier molecular flexibility index (Phi) is 11.6. The van der Waals surface area contributed by atoms with Gasteiger partial charge >= 0.3 is 6.03 Å². The number of likely N-dealkylation sites (tertiary alicyclic amines) is 1. The zero-order valence-corrected chi connectivity index (χ0v) is 25.2. The summed E-state index contributed by atoms with van der Waals surface area (Å²) in [6.07, 6.45) is 0.760. The molecule has 0 aliphatic carbocycles. The Morgan fingerprint density at radius 2 is 1.59 bits per heavy atom. The van der Waals surface area contributed by atoms with Crippen LogP contribution in [0.15, 0.2) is 30.3 Å². The van der Waals surface area contributed by atoms with E-state index in [-0.39, 0.29) is 37.0 Å². The van der Waals surface area contributed by atoms with E-state index in [1.165, 1.54) is 11.8 Å². The maximum atomic E-state index is 13.8. The van der Waals surface area contributed by atoms with Crippen LogP contribution in [-0.2, 0) is 30.4 Å². The standard InChI is InChI=1S/C30H45N5O6/c1-17(2)22(15-21(36)14-20-11-9-8-10-12-20)33-29(41)34-25(30(5,6)7)28(40)35-16-18(3)13-23(35)27(39)32-19(4)24(37)26(31)38/h8-12,17-19,22-23,25H,13-16H2,1-7H3,(H2,31,38)(H,32,39)(H2,33,34,41)/t18?,19?,22?,23-,25?/m0/s1. The van der Waals surface area contributed by atoms with E-state index >= 15 is 0 Å². The first kappa shape index (κ1) is 33.4. The molecule has 226 valence electrons. The lowest BCUT2D eigenvalue weighted by Crippen LogP contribution is -2.60.